The first-order chi connectivity index (χ1) is 8.58. The van der Waals surface area contributed by atoms with Crippen LogP contribution in [0.4, 0.5) is 0 Å². The number of rotatable bonds is 4. The van der Waals surface area contributed by atoms with Crippen LogP contribution in [0.2, 0.25) is 0 Å². The topological polar surface area (TPSA) is 86.0 Å². The molecule has 0 saturated carbocycles. The highest BCUT2D eigenvalue weighted by atomic mass is 16.4. The number of hydrogen-bond donors (Lipinski definition) is 3. The molecule has 5 heteroatoms. The zero-order valence-electron chi connectivity index (χ0n) is 9.93. The molecule has 0 aliphatic rings. The molecule has 1 atom stereocenters. The van der Waals surface area contributed by atoms with Crippen molar-refractivity contribution in [2.24, 2.45) is 5.92 Å². The molecule has 3 N–H and O–H groups in total. The Morgan fingerprint density at radius 1 is 1.39 bits per heavy atom. The molecule has 18 heavy (non-hydrogen) atoms. The zero-order valence-corrected chi connectivity index (χ0v) is 9.93. The Labute approximate surface area is 103 Å². The molecule has 1 heterocycles. The Morgan fingerprint density at radius 2 is 2.11 bits per heavy atom. The summed E-state index contributed by atoms with van der Waals surface area (Å²) in [7, 11) is 0. The molecular weight excluding hydrogens is 232 g/mol. The molecule has 1 unspecified atom stereocenters. The fourth-order valence-corrected chi connectivity index (χ4v) is 1.86. The van der Waals surface area contributed by atoms with Crippen LogP contribution in [0.15, 0.2) is 35.3 Å². The molecule has 5 nitrogen and oxygen atoms in total. The summed E-state index contributed by atoms with van der Waals surface area (Å²) in [5, 5.41) is 8.94. The summed E-state index contributed by atoms with van der Waals surface area (Å²) < 4.78 is 0. The molecule has 0 saturated heterocycles. The highest BCUT2D eigenvalue weighted by Crippen LogP contribution is 2.23. The third-order valence-corrected chi connectivity index (χ3v) is 2.85. The number of H-pyrrole nitrogens is 2. The van der Waals surface area contributed by atoms with Gasteiger partial charge in [-0.15, -0.1) is 0 Å². The summed E-state index contributed by atoms with van der Waals surface area (Å²) in [6, 6.07) is 7.46. The lowest BCUT2D eigenvalue weighted by Crippen LogP contribution is -2.12. The quantitative estimate of drug-likeness (QED) is 0.766. The normalized spacial score (nSPS) is 12.3. The average molecular weight is 246 g/mol. The van der Waals surface area contributed by atoms with Crippen molar-refractivity contribution in [1.29, 1.82) is 0 Å². The molecule has 0 radical (unpaired) electrons. The number of nitrogens with one attached hydrogen (secondary N) is 2. The minimum Gasteiger partial charge on any atom is -0.481 e. The van der Waals surface area contributed by atoms with E-state index < -0.39 is 11.9 Å². The summed E-state index contributed by atoms with van der Waals surface area (Å²) >= 11 is 0. The van der Waals surface area contributed by atoms with E-state index in [1.807, 2.05) is 24.3 Å². The molecule has 0 spiro atoms. The fourth-order valence-electron chi connectivity index (χ4n) is 1.86. The summed E-state index contributed by atoms with van der Waals surface area (Å²) in [6.07, 6.45) is 2.02. The SMILES string of the molecule is CC(Cc1ccccc1-c1c[nH]c(=O)[nH]1)C(=O)O. The maximum atomic E-state index is 11.1. The molecule has 0 bridgehead atoms. The van der Waals surface area contributed by atoms with Crippen LogP contribution in [-0.2, 0) is 11.2 Å². The summed E-state index contributed by atoms with van der Waals surface area (Å²) in [6.45, 7) is 1.67. The van der Waals surface area contributed by atoms with Crippen LogP contribution < -0.4 is 5.69 Å². The molecular formula is C13H14N2O3. The molecule has 0 aliphatic carbocycles. The maximum Gasteiger partial charge on any atom is 0.323 e. The van der Waals surface area contributed by atoms with Gasteiger partial charge in [-0.25, -0.2) is 4.79 Å². The van der Waals surface area contributed by atoms with E-state index in [4.69, 9.17) is 5.11 Å². The first-order valence-electron chi connectivity index (χ1n) is 5.66. The van der Waals surface area contributed by atoms with Crippen molar-refractivity contribution >= 4 is 5.97 Å². The van der Waals surface area contributed by atoms with E-state index in [9.17, 15) is 9.59 Å². The van der Waals surface area contributed by atoms with E-state index in [1.54, 1.807) is 13.1 Å². The molecule has 2 aromatic rings. The Bertz CT molecular complexity index is 612. The van der Waals surface area contributed by atoms with Gasteiger partial charge in [0.1, 0.15) is 0 Å². The lowest BCUT2D eigenvalue weighted by molar-refractivity contribution is -0.141. The van der Waals surface area contributed by atoms with Crippen LogP contribution >= 0.6 is 0 Å². The summed E-state index contributed by atoms with van der Waals surface area (Å²) in [5.41, 5.74) is 2.16. The summed E-state index contributed by atoms with van der Waals surface area (Å²) in [4.78, 5) is 27.2. The van der Waals surface area contributed by atoms with E-state index in [-0.39, 0.29) is 5.69 Å². The second kappa shape index (κ2) is 4.91. The van der Waals surface area contributed by atoms with Crippen LogP contribution in [0.5, 0.6) is 0 Å². The van der Waals surface area contributed by atoms with Crippen molar-refractivity contribution in [3.05, 3.63) is 46.5 Å². The molecule has 94 valence electrons. The smallest absolute Gasteiger partial charge is 0.323 e. The van der Waals surface area contributed by atoms with Gasteiger partial charge in [-0.1, -0.05) is 31.2 Å². The van der Waals surface area contributed by atoms with Gasteiger partial charge < -0.3 is 15.1 Å². The highest BCUT2D eigenvalue weighted by molar-refractivity contribution is 5.71. The lowest BCUT2D eigenvalue weighted by Gasteiger charge is -2.10. The van der Waals surface area contributed by atoms with Gasteiger partial charge in [0.25, 0.3) is 0 Å². The van der Waals surface area contributed by atoms with Crippen molar-refractivity contribution < 1.29 is 9.90 Å². The van der Waals surface area contributed by atoms with Gasteiger partial charge >= 0.3 is 11.7 Å². The zero-order chi connectivity index (χ0) is 13.1. The number of benzene rings is 1. The van der Waals surface area contributed by atoms with Gasteiger partial charge in [0, 0.05) is 11.8 Å². The van der Waals surface area contributed by atoms with Crippen LogP contribution in [0.3, 0.4) is 0 Å². The number of hydrogen-bond acceptors (Lipinski definition) is 2. The average Bonchev–Trinajstić information content (AvgIpc) is 2.76. The van der Waals surface area contributed by atoms with Gasteiger partial charge in [0.2, 0.25) is 0 Å². The Morgan fingerprint density at radius 3 is 2.72 bits per heavy atom. The standard InChI is InChI=1S/C13H14N2O3/c1-8(12(16)17)6-9-4-2-3-5-10(9)11-7-14-13(18)15-11/h2-5,7-8H,6H2,1H3,(H,16,17)(H2,14,15,18). The van der Waals surface area contributed by atoms with Gasteiger partial charge in [-0.2, -0.15) is 0 Å². The number of aliphatic carboxylic acids is 1. The number of imidazole rings is 1. The van der Waals surface area contributed by atoms with E-state index in [2.05, 4.69) is 9.97 Å². The second-order valence-corrected chi connectivity index (χ2v) is 4.26. The largest absolute Gasteiger partial charge is 0.481 e. The lowest BCUT2D eigenvalue weighted by atomic mass is 9.96. The predicted molar refractivity (Wildman–Crippen MR) is 67.4 cm³/mol. The Kier molecular flexibility index (Phi) is 3.32. The minimum absolute atomic E-state index is 0.272. The first kappa shape index (κ1) is 12.2. The van der Waals surface area contributed by atoms with Crippen molar-refractivity contribution in [3.8, 4) is 11.3 Å². The third-order valence-electron chi connectivity index (χ3n) is 2.85. The maximum absolute atomic E-state index is 11.1. The van der Waals surface area contributed by atoms with Gasteiger partial charge in [-0.3, -0.25) is 4.79 Å². The van der Waals surface area contributed by atoms with E-state index in [0.29, 0.717) is 12.1 Å². The first-order valence-corrected chi connectivity index (χ1v) is 5.66. The van der Waals surface area contributed by atoms with E-state index in [1.165, 1.54) is 0 Å². The number of carboxylic acids is 1. The van der Waals surface area contributed by atoms with Gasteiger partial charge in [-0.05, 0) is 12.0 Å². The molecule has 1 aromatic carbocycles. The highest BCUT2D eigenvalue weighted by Gasteiger charge is 2.14. The van der Waals surface area contributed by atoms with Crippen LogP contribution in [0.25, 0.3) is 11.3 Å². The van der Waals surface area contributed by atoms with Crippen LogP contribution in [0.1, 0.15) is 12.5 Å². The fraction of sp³-hybridized carbons (Fsp3) is 0.231. The van der Waals surface area contributed by atoms with Gasteiger partial charge in [0.15, 0.2) is 0 Å². The second-order valence-electron chi connectivity index (χ2n) is 4.26. The molecule has 2 rings (SSSR count). The number of aromatic nitrogens is 2. The van der Waals surface area contributed by atoms with Crippen molar-refractivity contribution in [2.45, 2.75) is 13.3 Å². The van der Waals surface area contributed by atoms with E-state index >= 15 is 0 Å². The monoisotopic (exact) mass is 246 g/mol. The summed E-state index contributed by atoms with van der Waals surface area (Å²) in [5.74, 6) is -1.29. The number of aromatic amines is 2. The Balaban J connectivity index is 2.37. The van der Waals surface area contributed by atoms with Crippen LogP contribution in [-0.4, -0.2) is 21.0 Å². The molecule has 0 amide bonds. The van der Waals surface area contributed by atoms with Crippen molar-refractivity contribution in [3.63, 3.8) is 0 Å². The van der Waals surface area contributed by atoms with Gasteiger partial charge in [0.05, 0.1) is 11.6 Å². The number of carboxylic acid groups (broad SMARTS) is 1. The molecule has 1 aromatic heterocycles. The Hall–Kier alpha value is -2.30. The van der Waals surface area contributed by atoms with E-state index in [0.717, 1.165) is 11.1 Å². The predicted octanol–water partition coefficient (Wildman–Crippen LogP) is 1.63. The van der Waals surface area contributed by atoms with Crippen molar-refractivity contribution in [2.75, 3.05) is 0 Å². The minimum atomic E-state index is -0.827. The van der Waals surface area contributed by atoms with Crippen molar-refractivity contribution in [1.82, 2.24) is 9.97 Å². The molecule has 0 aliphatic heterocycles. The molecule has 0 fully saturated rings. The number of carbonyl (C=O) groups is 1. The third kappa shape index (κ3) is 2.51. The van der Waals surface area contributed by atoms with Crippen LogP contribution in [0, 0.1) is 5.92 Å².